The van der Waals surface area contributed by atoms with Crippen LogP contribution in [0.15, 0.2) is 42.6 Å². The SMILES string of the molecule is Cc1cccc(Cl)c1NCCc1ccccn1. The zero-order chi connectivity index (χ0) is 12.1. The monoisotopic (exact) mass is 246 g/mol. The summed E-state index contributed by atoms with van der Waals surface area (Å²) in [4.78, 5) is 4.28. The van der Waals surface area contributed by atoms with Gasteiger partial charge in [-0.2, -0.15) is 0 Å². The van der Waals surface area contributed by atoms with Crippen molar-refractivity contribution in [3.63, 3.8) is 0 Å². The molecule has 17 heavy (non-hydrogen) atoms. The van der Waals surface area contributed by atoms with Crippen molar-refractivity contribution >= 4 is 17.3 Å². The minimum absolute atomic E-state index is 0.769. The van der Waals surface area contributed by atoms with Crippen molar-refractivity contribution in [2.45, 2.75) is 13.3 Å². The minimum Gasteiger partial charge on any atom is -0.383 e. The van der Waals surface area contributed by atoms with Gasteiger partial charge in [-0.1, -0.05) is 29.8 Å². The van der Waals surface area contributed by atoms with E-state index in [1.165, 1.54) is 5.56 Å². The third-order valence-electron chi connectivity index (χ3n) is 2.63. The molecule has 1 aromatic heterocycles. The van der Waals surface area contributed by atoms with Crippen LogP contribution in [0.1, 0.15) is 11.3 Å². The number of hydrogen-bond donors (Lipinski definition) is 1. The summed E-state index contributed by atoms with van der Waals surface area (Å²) < 4.78 is 0. The maximum atomic E-state index is 6.13. The Kier molecular flexibility index (Phi) is 3.99. The Balaban J connectivity index is 1.95. The molecule has 0 aliphatic heterocycles. The molecule has 3 heteroatoms. The standard InChI is InChI=1S/C14H15ClN2/c1-11-5-4-7-13(15)14(11)17-10-8-12-6-2-3-9-16-12/h2-7,9,17H,8,10H2,1H3. The van der Waals surface area contributed by atoms with Crippen LogP contribution in [0.2, 0.25) is 5.02 Å². The predicted octanol–water partition coefficient (Wildman–Crippen LogP) is 3.70. The van der Waals surface area contributed by atoms with Gasteiger partial charge < -0.3 is 5.32 Å². The molecule has 0 amide bonds. The number of pyridine rings is 1. The van der Waals surface area contributed by atoms with Crippen LogP contribution in [0.25, 0.3) is 0 Å². The zero-order valence-electron chi connectivity index (χ0n) is 9.78. The maximum absolute atomic E-state index is 6.13. The average Bonchev–Trinajstić information content (AvgIpc) is 2.34. The number of aryl methyl sites for hydroxylation is 1. The van der Waals surface area contributed by atoms with E-state index in [1.807, 2.05) is 36.5 Å². The molecule has 2 aromatic rings. The molecule has 2 nitrogen and oxygen atoms in total. The van der Waals surface area contributed by atoms with E-state index in [-0.39, 0.29) is 0 Å². The smallest absolute Gasteiger partial charge is 0.0640 e. The Labute approximate surface area is 107 Å². The molecule has 0 fully saturated rings. The second-order valence-electron chi connectivity index (χ2n) is 3.93. The molecule has 88 valence electrons. The molecule has 0 aliphatic carbocycles. The highest BCUT2D eigenvalue weighted by Crippen LogP contribution is 2.24. The van der Waals surface area contributed by atoms with Crippen LogP contribution in [0.4, 0.5) is 5.69 Å². The van der Waals surface area contributed by atoms with Crippen molar-refractivity contribution in [1.29, 1.82) is 0 Å². The van der Waals surface area contributed by atoms with Gasteiger partial charge in [-0.25, -0.2) is 0 Å². The molecule has 0 atom stereocenters. The van der Waals surface area contributed by atoms with Gasteiger partial charge in [-0.3, -0.25) is 4.98 Å². The van der Waals surface area contributed by atoms with E-state index in [4.69, 9.17) is 11.6 Å². The van der Waals surface area contributed by atoms with Gasteiger partial charge >= 0.3 is 0 Å². The van der Waals surface area contributed by atoms with Gasteiger partial charge in [0.05, 0.1) is 10.7 Å². The molecule has 0 spiro atoms. The zero-order valence-corrected chi connectivity index (χ0v) is 10.5. The van der Waals surface area contributed by atoms with Gasteiger partial charge in [0.2, 0.25) is 0 Å². The second kappa shape index (κ2) is 5.69. The lowest BCUT2D eigenvalue weighted by molar-refractivity contribution is 0.960. The minimum atomic E-state index is 0.769. The highest BCUT2D eigenvalue weighted by Gasteiger charge is 2.02. The molecule has 0 saturated heterocycles. The molecule has 2 rings (SSSR count). The number of hydrogen-bond acceptors (Lipinski definition) is 2. The Morgan fingerprint density at radius 3 is 2.76 bits per heavy atom. The van der Waals surface area contributed by atoms with Crippen LogP contribution in [0.3, 0.4) is 0 Å². The lowest BCUT2D eigenvalue weighted by Crippen LogP contribution is -2.07. The molecule has 0 aliphatic rings. The number of anilines is 1. The summed E-state index contributed by atoms with van der Waals surface area (Å²) in [5.74, 6) is 0. The fourth-order valence-electron chi connectivity index (χ4n) is 1.72. The highest BCUT2D eigenvalue weighted by atomic mass is 35.5. The lowest BCUT2D eigenvalue weighted by atomic mass is 10.2. The first kappa shape index (κ1) is 11.9. The molecule has 1 N–H and O–H groups in total. The number of nitrogens with zero attached hydrogens (tertiary/aromatic N) is 1. The summed E-state index contributed by atoms with van der Waals surface area (Å²) in [5.41, 5.74) is 3.27. The van der Waals surface area contributed by atoms with Crippen LogP contribution < -0.4 is 5.32 Å². The molecule has 0 saturated carbocycles. The molecular weight excluding hydrogens is 232 g/mol. The third kappa shape index (κ3) is 3.21. The normalized spacial score (nSPS) is 10.2. The van der Waals surface area contributed by atoms with Gasteiger partial charge in [0.1, 0.15) is 0 Å². The summed E-state index contributed by atoms with van der Waals surface area (Å²) in [7, 11) is 0. The number of nitrogens with one attached hydrogen (secondary N) is 1. The lowest BCUT2D eigenvalue weighted by Gasteiger charge is -2.10. The van der Waals surface area contributed by atoms with E-state index in [0.717, 1.165) is 29.4 Å². The first-order chi connectivity index (χ1) is 8.27. The summed E-state index contributed by atoms with van der Waals surface area (Å²) >= 11 is 6.13. The Hall–Kier alpha value is -1.54. The molecule has 0 radical (unpaired) electrons. The van der Waals surface area contributed by atoms with E-state index in [0.29, 0.717) is 0 Å². The van der Waals surface area contributed by atoms with Crippen molar-refractivity contribution in [2.75, 3.05) is 11.9 Å². The van der Waals surface area contributed by atoms with Gasteiger partial charge in [0.25, 0.3) is 0 Å². The summed E-state index contributed by atoms with van der Waals surface area (Å²) in [6, 6.07) is 11.9. The van der Waals surface area contributed by atoms with E-state index in [9.17, 15) is 0 Å². The van der Waals surface area contributed by atoms with Crippen molar-refractivity contribution in [1.82, 2.24) is 4.98 Å². The average molecular weight is 247 g/mol. The summed E-state index contributed by atoms with van der Waals surface area (Å²) in [6.07, 6.45) is 2.71. The fourth-order valence-corrected chi connectivity index (χ4v) is 2.01. The third-order valence-corrected chi connectivity index (χ3v) is 2.95. The Morgan fingerprint density at radius 2 is 2.06 bits per heavy atom. The van der Waals surface area contributed by atoms with E-state index < -0.39 is 0 Å². The molecule has 1 heterocycles. The van der Waals surface area contributed by atoms with Gasteiger partial charge in [0.15, 0.2) is 0 Å². The summed E-state index contributed by atoms with van der Waals surface area (Å²) in [6.45, 7) is 2.89. The van der Waals surface area contributed by atoms with Gasteiger partial charge in [-0.15, -0.1) is 0 Å². The van der Waals surface area contributed by atoms with Crippen molar-refractivity contribution in [3.05, 3.63) is 58.9 Å². The molecule has 1 aromatic carbocycles. The first-order valence-corrected chi connectivity index (χ1v) is 6.04. The summed E-state index contributed by atoms with van der Waals surface area (Å²) in [5, 5.41) is 4.13. The van der Waals surface area contributed by atoms with E-state index in [2.05, 4.69) is 23.3 Å². The van der Waals surface area contributed by atoms with Crippen LogP contribution in [0, 0.1) is 6.92 Å². The van der Waals surface area contributed by atoms with Gasteiger partial charge in [-0.05, 0) is 30.7 Å². The van der Waals surface area contributed by atoms with Crippen LogP contribution in [-0.4, -0.2) is 11.5 Å². The number of rotatable bonds is 4. The fraction of sp³-hybridized carbons (Fsp3) is 0.214. The van der Waals surface area contributed by atoms with Crippen LogP contribution in [0.5, 0.6) is 0 Å². The van der Waals surface area contributed by atoms with Crippen molar-refractivity contribution in [3.8, 4) is 0 Å². The Bertz CT molecular complexity index is 463. The second-order valence-corrected chi connectivity index (χ2v) is 4.34. The van der Waals surface area contributed by atoms with Crippen LogP contribution in [-0.2, 0) is 6.42 Å². The van der Waals surface area contributed by atoms with Crippen molar-refractivity contribution < 1.29 is 0 Å². The van der Waals surface area contributed by atoms with Crippen LogP contribution >= 0.6 is 11.6 Å². The highest BCUT2D eigenvalue weighted by molar-refractivity contribution is 6.33. The topological polar surface area (TPSA) is 24.9 Å². The predicted molar refractivity (Wildman–Crippen MR) is 72.6 cm³/mol. The number of benzene rings is 1. The molecule has 0 unspecified atom stereocenters. The number of para-hydroxylation sites is 1. The largest absolute Gasteiger partial charge is 0.383 e. The number of aromatic nitrogens is 1. The first-order valence-electron chi connectivity index (χ1n) is 5.66. The maximum Gasteiger partial charge on any atom is 0.0640 e. The van der Waals surface area contributed by atoms with E-state index >= 15 is 0 Å². The Morgan fingerprint density at radius 1 is 1.18 bits per heavy atom. The number of halogens is 1. The molecular formula is C14H15ClN2. The van der Waals surface area contributed by atoms with Crippen molar-refractivity contribution in [2.24, 2.45) is 0 Å². The van der Waals surface area contributed by atoms with E-state index in [1.54, 1.807) is 0 Å². The van der Waals surface area contributed by atoms with Gasteiger partial charge in [0, 0.05) is 24.9 Å². The molecule has 0 bridgehead atoms. The quantitative estimate of drug-likeness (QED) is 0.890.